The Hall–Kier alpha value is -3.94. The van der Waals surface area contributed by atoms with Crippen LogP contribution in [0.5, 0.6) is 0 Å². The maximum Gasteiger partial charge on any atom is 0.336 e. The zero-order valence-corrected chi connectivity index (χ0v) is 24.8. The molecule has 0 N–H and O–H groups in total. The van der Waals surface area contributed by atoms with Crippen molar-refractivity contribution in [2.24, 2.45) is 10.9 Å². The Balaban J connectivity index is 1.43. The Kier molecular flexibility index (Phi) is 9.54. The molecule has 2 heterocycles. The van der Waals surface area contributed by atoms with Crippen LogP contribution in [0.4, 0.5) is 5.69 Å². The molecule has 4 rings (SSSR count). The van der Waals surface area contributed by atoms with E-state index < -0.39 is 38.7 Å². The Morgan fingerprint density at radius 2 is 1.71 bits per heavy atom. The number of allylic oxidation sites excluding steroid dienone is 1. The van der Waals surface area contributed by atoms with Gasteiger partial charge in [-0.1, -0.05) is 29.8 Å². The first-order valence-electron chi connectivity index (χ1n) is 13.5. The molecular weight excluding hydrogens is 564 g/mol. The van der Waals surface area contributed by atoms with Crippen molar-refractivity contribution in [3.63, 3.8) is 0 Å². The van der Waals surface area contributed by atoms with Crippen molar-refractivity contribution in [3.8, 4) is 0 Å². The highest BCUT2D eigenvalue weighted by atomic mass is 32.2. The summed E-state index contributed by atoms with van der Waals surface area (Å²) < 4.78 is 38.1. The Morgan fingerprint density at radius 3 is 2.33 bits per heavy atom. The number of sulfonamides is 1. The third-order valence-corrected chi connectivity index (χ3v) is 9.48. The molecule has 1 unspecified atom stereocenters. The number of piperazine rings is 1. The highest BCUT2D eigenvalue weighted by Crippen LogP contribution is 2.41. The highest BCUT2D eigenvalue weighted by Gasteiger charge is 2.42. The number of nitro groups is 1. The van der Waals surface area contributed by atoms with Crippen molar-refractivity contribution in [2.75, 3.05) is 46.4 Å². The lowest BCUT2D eigenvalue weighted by molar-refractivity contribution is -0.384. The Bertz CT molecular complexity index is 1530. The van der Waals surface area contributed by atoms with Crippen molar-refractivity contribution in [1.29, 1.82) is 0 Å². The minimum atomic E-state index is -3.59. The minimum absolute atomic E-state index is 0.0330. The number of aliphatic imine (C=N–C) groups is 1. The van der Waals surface area contributed by atoms with Gasteiger partial charge in [0.15, 0.2) is 0 Å². The van der Waals surface area contributed by atoms with E-state index in [4.69, 9.17) is 9.47 Å². The number of esters is 2. The molecule has 2 atom stereocenters. The molecule has 2 aliphatic rings. The van der Waals surface area contributed by atoms with Crippen LogP contribution >= 0.6 is 0 Å². The molecule has 224 valence electrons. The summed E-state index contributed by atoms with van der Waals surface area (Å²) in [5.74, 6) is -3.20. The monoisotopic (exact) mass is 598 g/mol. The van der Waals surface area contributed by atoms with E-state index in [1.54, 1.807) is 44.2 Å². The van der Waals surface area contributed by atoms with Gasteiger partial charge in [0.1, 0.15) is 12.5 Å². The van der Waals surface area contributed by atoms with Crippen molar-refractivity contribution in [3.05, 3.63) is 81.0 Å². The fraction of sp³-hybridized carbons (Fsp3) is 0.414. The molecule has 0 radical (unpaired) electrons. The molecule has 1 fully saturated rings. The third kappa shape index (κ3) is 6.58. The molecule has 2 aromatic carbocycles. The molecule has 0 aliphatic carbocycles. The molecule has 2 aliphatic heterocycles. The smallest absolute Gasteiger partial charge is 0.336 e. The number of carbonyl (C=O) groups excluding carboxylic acids is 2. The van der Waals surface area contributed by atoms with Gasteiger partial charge in [0.05, 0.1) is 22.5 Å². The summed E-state index contributed by atoms with van der Waals surface area (Å²) in [5, 5.41) is 11.4. The average Bonchev–Trinajstić information content (AvgIpc) is 2.97. The van der Waals surface area contributed by atoms with Crippen LogP contribution in [0.2, 0.25) is 0 Å². The van der Waals surface area contributed by atoms with Gasteiger partial charge in [-0.3, -0.25) is 24.8 Å². The number of hydrogen-bond donors (Lipinski definition) is 0. The fourth-order valence-electron chi connectivity index (χ4n) is 5.33. The largest absolute Gasteiger partial charge is 0.466 e. The lowest BCUT2D eigenvalue weighted by Gasteiger charge is -2.34. The summed E-state index contributed by atoms with van der Waals surface area (Å²) in [5.41, 5.74) is 2.11. The maximum absolute atomic E-state index is 13.5. The summed E-state index contributed by atoms with van der Waals surface area (Å²) in [7, 11) is -2.37. The number of non-ortho nitro benzene ring substituents is 1. The Morgan fingerprint density at radius 1 is 1.05 bits per heavy atom. The van der Waals surface area contributed by atoms with Crippen LogP contribution < -0.4 is 0 Å². The van der Waals surface area contributed by atoms with Crippen LogP contribution in [0.25, 0.3) is 0 Å². The zero-order chi connectivity index (χ0) is 30.6. The van der Waals surface area contributed by atoms with Gasteiger partial charge in [-0.25, -0.2) is 13.2 Å². The first-order chi connectivity index (χ1) is 19.9. The number of nitro benzene ring substituents is 1. The number of aryl methyl sites for hydroxylation is 1. The standard InChI is InChI=1S/C29H34N4O8S/c1-19-8-10-24(11-9-19)42(38,39)32-14-12-31(13-15-32)16-17-41-29(35)26-21(3)30-20(2)25(28(34)40-4)27(26)22-6-5-7-23(18-22)33(36)37/h5-11,18,26-27H,12-17H2,1-4H3/t26?,27-/m1/s1. The first kappa shape index (κ1) is 31.0. The molecule has 0 saturated carbocycles. The molecule has 13 heteroatoms. The summed E-state index contributed by atoms with van der Waals surface area (Å²) in [6, 6.07) is 12.5. The van der Waals surface area contributed by atoms with Gasteiger partial charge in [-0.15, -0.1) is 0 Å². The van der Waals surface area contributed by atoms with E-state index in [1.165, 1.54) is 29.6 Å². The first-order valence-corrected chi connectivity index (χ1v) is 14.9. The fourth-order valence-corrected chi connectivity index (χ4v) is 6.75. The van der Waals surface area contributed by atoms with Crippen LogP contribution in [-0.4, -0.2) is 86.6 Å². The van der Waals surface area contributed by atoms with Gasteiger partial charge in [0.25, 0.3) is 5.69 Å². The molecule has 0 aromatic heterocycles. The van der Waals surface area contributed by atoms with Gasteiger partial charge in [-0.2, -0.15) is 4.31 Å². The third-order valence-electron chi connectivity index (χ3n) is 7.57. The zero-order valence-electron chi connectivity index (χ0n) is 24.0. The molecule has 0 spiro atoms. The second-order valence-corrected chi connectivity index (χ2v) is 12.2. The van der Waals surface area contributed by atoms with E-state index in [0.717, 1.165) is 5.56 Å². The molecule has 12 nitrogen and oxygen atoms in total. The molecule has 42 heavy (non-hydrogen) atoms. The maximum atomic E-state index is 13.5. The summed E-state index contributed by atoms with van der Waals surface area (Å²) >= 11 is 0. The lowest BCUT2D eigenvalue weighted by Crippen LogP contribution is -2.49. The molecule has 2 aromatic rings. The van der Waals surface area contributed by atoms with Gasteiger partial charge in [0, 0.05) is 62.2 Å². The predicted octanol–water partition coefficient (Wildman–Crippen LogP) is 3.07. The van der Waals surface area contributed by atoms with Crippen LogP contribution in [-0.2, 0) is 29.1 Å². The molecule has 0 amide bonds. The quantitative estimate of drug-likeness (QED) is 0.241. The highest BCUT2D eigenvalue weighted by molar-refractivity contribution is 7.89. The summed E-state index contributed by atoms with van der Waals surface area (Å²) in [6.07, 6.45) is 0. The van der Waals surface area contributed by atoms with Gasteiger partial charge in [-0.05, 0) is 38.5 Å². The minimum Gasteiger partial charge on any atom is -0.466 e. The molecule has 0 bridgehead atoms. The van der Waals surface area contributed by atoms with E-state index in [0.29, 0.717) is 49.7 Å². The molecular formula is C29H34N4O8S. The van der Waals surface area contributed by atoms with Crippen molar-refractivity contribution in [1.82, 2.24) is 9.21 Å². The Labute approximate surface area is 244 Å². The van der Waals surface area contributed by atoms with E-state index >= 15 is 0 Å². The SMILES string of the molecule is COC(=O)C1=C(C)N=C(C)C(C(=O)OCCN2CCN(S(=O)(=O)c3ccc(C)cc3)CC2)[C@@H]1c1cccc([N+](=O)[O-])c1. The van der Waals surface area contributed by atoms with E-state index in [-0.39, 0.29) is 22.8 Å². The van der Waals surface area contributed by atoms with Gasteiger partial charge in [0.2, 0.25) is 10.0 Å². The van der Waals surface area contributed by atoms with Gasteiger partial charge < -0.3 is 9.47 Å². The second-order valence-electron chi connectivity index (χ2n) is 10.3. The summed E-state index contributed by atoms with van der Waals surface area (Å²) in [6.45, 7) is 7.14. The lowest BCUT2D eigenvalue weighted by atomic mass is 9.75. The van der Waals surface area contributed by atoms with Crippen molar-refractivity contribution < 1.29 is 32.4 Å². The average molecular weight is 599 g/mol. The van der Waals surface area contributed by atoms with E-state index in [2.05, 4.69) is 4.99 Å². The number of hydrogen-bond acceptors (Lipinski definition) is 10. The number of benzene rings is 2. The number of carbonyl (C=O) groups is 2. The van der Waals surface area contributed by atoms with E-state index in [1.807, 2.05) is 11.8 Å². The van der Waals surface area contributed by atoms with Gasteiger partial charge >= 0.3 is 11.9 Å². The second kappa shape index (κ2) is 12.9. The van der Waals surface area contributed by atoms with Crippen LogP contribution in [0, 0.1) is 23.0 Å². The number of rotatable bonds is 9. The number of nitrogens with zero attached hydrogens (tertiary/aromatic N) is 4. The predicted molar refractivity (Wildman–Crippen MR) is 154 cm³/mol. The van der Waals surface area contributed by atoms with Crippen LogP contribution in [0.15, 0.2) is 69.7 Å². The van der Waals surface area contributed by atoms with Crippen LogP contribution in [0.3, 0.4) is 0 Å². The van der Waals surface area contributed by atoms with E-state index in [9.17, 15) is 28.1 Å². The molecule has 1 saturated heterocycles. The topological polar surface area (TPSA) is 149 Å². The van der Waals surface area contributed by atoms with Crippen molar-refractivity contribution >= 4 is 33.4 Å². The normalized spacial score (nSPS) is 20.1. The number of ether oxygens (including phenoxy) is 2. The van der Waals surface area contributed by atoms with Crippen molar-refractivity contribution in [2.45, 2.75) is 31.6 Å². The van der Waals surface area contributed by atoms with Crippen LogP contribution in [0.1, 0.15) is 30.9 Å². The summed E-state index contributed by atoms with van der Waals surface area (Å²) in [4.78, 5) is 43.8. The number of methoxy groups -OCH3 is 1.